The van der Waals surface area contributed by atoms with E-state index in [0.29, 0.717) is 5.75 Å². The molecule has 96 valence electrons. The summed E-state index contributed by atoms with van der Waals surface area (Å²) in [5.74, 6) is 0.440. The molecule has 0 radical (unpaired) electrons. The van der Waals surface area contributed by atoms with Gasteiger partial charge in [-0.05, 0) is 12.1 Å². The maximum atomic E-state index is 12.8. The van der Waals surface area contributed by atoms with Gasteiger partial charge in [0.1, 0.15) is 5.75 Å². The van der Waals surface area contributed by atoms with Gasteiger partial charge in [0.05, 0.1) is 24.7 Å². The first-order valence-corrected chi connectivity index (χ1v) is 4.98. The summed E-state index contributed by atoms with van der Waals surface area (Å²) >= 11 is 0. The molecule has 4 nitrogen and oxygen atoms in total. The number of hydrogen-bond acceptors (Lipinski definition) is 3. The minimum absolute atomic E-state index is 0.235. The molecule has 2 N–H and O–H groups in total. The number of nitrogen functional groups attached to an aromatic ring is 1. The van der Waals surface area contributed by atoms with Crippen molar-refractivity contribution < 1.29 is 17.9 Å². The van der Waals surface area contributed by atoms with E-state index in [0.717, 1.165) is 10.9 Å². The molecule has 0 saturated heterocycles. The molecule has 0 atom stereocenters. The van der Waals surface area contributed by atoms with E-state index in [4.69, 9.17) is 10.5 Å². The van der Waals surface area contributed by atoms with Crippen LogP contribution in [0.4, 0.5) is 18.9 Å². The first-order chi connectivity index (χ1) is 8.43. The van der Waals surface area contributed by atoms with Crippen molar-refractivity contribution in [2.75, 3.05) is 12.8 Å². The van der Waals surface area contributed by atoms with Crippen LogP contribution in [0.3, 0.4) is 0 Å². The maximum Gasteiger partial charge on any atom is 0.435 e. The van der Waals surface area contributed by atoms with Crippen LogP contribution >= 0.6 is 0 Å². The minimum atomic E-state index is -4.57. The number of methoxy groups -OCH3 is 1. The molecule has 7 heteroatoms. The van der Waals surface area contributed by atoms with Crippen molar-refractivity contribution in [2.45, 2.75) is 6.18 Å². The second-order valence-electron chi connectivity index (χ2n) is 3.56. The van der Waals surface area contributed by atoms with E-state index in [-0.39, 0.29) is 5.69 Å². The predicted molar refractivity (Wildman–Crippen MR) is 59.5 cm³/mol. The summed E-state index contributed by atoms with van der Waals surface area (Å²) in [6.45, 7) is 0. The average Bonchev–Trinajstić information content (AvgIpc) is 2.71. The Morgan fingerprint density at radius 2 is 2.06 bits per heavy atom. The number of rotatable bonds is 2. The van der Waals surface area contributed by atoms with Crippen LogP contribution in [0.25, 0.3) is 5.69 Å². The van der Waals surface area contributed by atoms with Gasteiger partial charge in [-0.3, -0.25) is 0 Å². The van der Waals surface area contributed by atoms with Crippen molar-refractivity contribution in [3.05, 3.63) is 36.2 Å². The largest absolute Gasteiger partial charge is 0.497 e. The zero-order valence-corrected chi connectivity index (χ0v) is 9.40. The van der Waals surface area contributed by atoms with E-state index >= 15 is 0 Å². The van der Waals surface area contributed by atoms with Crippen molar-refractivity contribution >= 4 is 5.69 Å². The molecule has 0 saturated carbocycles. The third-order valence-corrected chi connectivity index (χ3v) is 2.36. The maximum absolute atomic E-state index is 12.8. The molecule has 0 aliphatic carbocycles. The normalized spacial score (nSPS) is 11.6. The molecule has 1 aromatic heterocycles. The average molecular weight is 257 g/mol. The van der Waals surface area contributed by atoms with E-state index in [9.17, 15) is 13.2 Å². The second-order valence-corrected chi connectivity index (χ2v) is 3.56. The van der Waals surface area contributed by atoms with Gasteiger partial charge in [0.25, 0.3) is 0 Å². The molecule has 18 heavy (non-hydrogen) atoms. The van der Waals surface area contributed by atoms with Crippen LogP contribution in [0, 0.1) is 0 Å². The minimum Gasteiger partial charge on any atom is -0.497 e. The van der Waals surface area contributed by atoms with Gasteiger partial charge in [-0.1, -0.05) is 6.07 Å². The molecule has 0 aliphatic heterocycles. The highest BCUT2D eigenvalue weighted by Crippen LogP contribution is 2.35. The number of aromatic nitrogens is 2. The van der Waals surface area contributed by atoms with Gasteiger partial charge < -0.3 is 10.5 Å². The number of hydrogen-bond donors (Lipinski definition) is 1. The Kier molecular flexibility index (Phi) is 2.90. The van der Waals surface area contributed by atoms with Crippen LogP contribution in [0.5, 0.6) is 5.75 Å². The van der Waals surface area contributed by atoms with Gasteiger partial charge in [-0.15, -0.1) is 0 Å². The van der Waals surface area contributed by atoms with Crippen LogP contribution in [0.2, 0.25) is 0 Å². The standard InChI is InChI=1S/C11H10F3N3O/c1-18-8-4-2-3-7(5-8)17-10(11(12,13)14)9(15)6-16-17/h2-6H,15H2,1H3. The van der Waals surface area contributed by atoms with E-state index in [1.54, 1.807) is 12.1 Å². The topological polar surface area (TPSA) is 53.1 Å². The summed E-state index contributed by atoms with van der Waals surface area (Å²) < 4.78 is 44.2. The summed E-state index contributed by atoms with van der Waals surface area (Å²) in [6, 6.07) is 6.14. The number of nitrogens with two attached hydrogens (primary N) is 1. The van der Waals surface area contributed by atoms with Crippen LogP contribution in [0.1, 0.15) is 5.69 Å². The third-order valence-electron chi connectivity index (χ3n) is 2.36. The Bertz CT molecular complexity index is 563. The van der Waals surface area contributed by atoms with Gasteiger partial charge in [-0.25, -0.2) is 4.68 Å². The van der Waals surface area contributed by atoms with Crippen molar-refractivity contribution in [3.8, 4) is 11.4 Å². The lowest BCUT2D eigenvalue weighted by atomic mass is 10.3. The Balaban J connectivity index is 2.57. The Morgan fingerprint density at radius 1 is 1.33 bits per heavy atom. The highest BCUT2D eigenvalue weighted by Gasteiger charge is 2.38. The van der Waals surface area contributed by atoms with Crippen LogP contribution < -0.4 is 10.5 Å². The molecule has 0 spiro atoms. The smallest absolute Gasteiger partial charge is 0.435 e. The summed E-state index contributed by atoms with van der Waals surface area (Å²) in [4.78, 5) is 0. The van der Waals surface area contributed by atoms with Gasteiger partial charge in [0.15, 0.2) is 5.69 Å². The monoisotopic (exact) mass is 257 g/mol. The van der Waals surface area contributed by atoms with E-state index < -0.39 is 17.6 Å². The Morgan fingerprint density at radius 3 is 2.67 bits per heavy atom. The summed E-state index contributed by atoms with van der Waals surface area (Å²) in [7, 11) is 1.43. The molecule has 1 aromatic carbocycles. The fourth-order valence-electron chi connectivity index (χ4n) is 1.58. The molecule has 2 aromatic rings. The number of alkyl halides is 3. The lowest BCUT2D eigenvalue weighted by molar-refractivity contribution is -0.142. The molecule has 0 aliphatic rings. The molecule has 0 unspecified atom stereocenters. The number of nitrogens with zero attached hydrogens (tertiary/aromatic N) is 2. The van der Waals surface area contributed by atoms with Crippen LogP contribution in [-0.2, 0) is 6.18 Å². The zero-order valence-electron chi connectivity index (χ0n) is 9.40. The molecule has 2 rings (SSSR count). The van der Waals surface area contributed by atoms with Gasteiger partial charge in [0.2, 0.25) is 0 Å². The SMILES string of the molecule is COc1cccc(-n2ncc(N)c2C(F)(F)F)c1. The molecule has 0 amide bonds. The predicted octanol–water partition coefficient (Wildman–Crippen LogP) is 2.48. The van der Waals surface area contributed by atoms with Crippen LogP contribution in [-0.4, -0.2) is 16.9 Å². The first-order valence-electron chi connectivity index (χ1n) is 4.98. The molecule has 0 bridgehead atoms. The quantitative estimate of drug-likeness (QED) is 0.899. The fourth-order valence-corrected chi connectivity index (χ4v) is 1.58. The van der Waals surface area contributed by atoms with Gasteiger partial charge in [0, 0.05) is 6.07 Å². The van der Waals surface area contributed by atoms with E-state index in [1.165, 1.54) is 19.2 Å². The Hall–Kier alpha value is -2.18. The van der Waals surface area contributed by atoms with E-state index in [1.807, 2.05) is 0 Å². The summed E-state index contributed by atoms with van der Waals surface area (Å²) in [6.07, 6.45) is -3.59. The zero-order chi connectivity index (χ0) is 13.3. The van der Waals surface area contributed by atoms with E-state index in [2.05, 4.69) is 5.10 Å². The first kappa shape index (κ1) is 12.3. The van der Waals surface area contributed by atoms with Gasteiger partial charge in [-0.2, -0.15) is 18.3 Å². The fraction of sp³-hybridized carbons (Fsp3) is 0.182. The van der Waals surface area contributed by atoms with Crippen molar-refractivity contribution in [1.29, 1.82) is 0 Å². The molecular formula is C11H10F3N3O. The third kappa shape index (κ3) is 2.11. The van der Waals surface area contributed by atoms with Crippen molar-refractivity contribution in [3.63, 3.8) is 0 Å². The Labute approximate surface area is 101 Å². The summed E-state index contributed by atoms with van der Waals surface area (Å²) in [5.41, 5.74) is 4.13. The molecular weight excluding hydrogens is 247 g/mol. The number of benzene rings is 1. The molecule has 1 heterocycles. The summed E-state index contributed by atoms with van der Waals surface area (Å²) in [5, 5.41) is 3.64. The highest BCUT2D eigenvalue weighted by molar-refractivity contribution is 5.49. The van der Waals surface area contributed by atoms with Crippen molar-refractivity contribution in [2.24, 2.45) is 0 Å². The van der Waals surface area contributed by atoms with Crippen LogP contribution in [0.15, 0.2) is 30.5 Å². The molecule has 0 fully saturated rings. The van der Waals surface area contributed by atoms with Gasteiger partial charge >= 0.3 is 6.18 Å². The highest BCUT2D eigenvalue weighted by atomic mass is 19.4. The lowest BCUT2D eigenvalue weighted by Gasteiger charge is -2.11. The number of anilines is 1. The number of ether oxygens (including phenoxy) is 1. The number of halogens is 3. The second kappa shape index (κ2) is 4.25. The van der Waals surface area contributed by atoms with Crippen molar-refractivity contribution in [1.82, 2.24) is 9.78 Å². The lowest BCUT2D eigenvalue weighted by Crippen LogP contribution is -2.15.